The van der Waals surface area contributed by atoms with Crippen molar-refractivity contribution in [2.24, 2.45) is 17.8 Å². The lowest BCUT2D eigenvalue weighted by atomic mass is 9.77. The van der Waals surface area contributed by atoms with Gasteiger partial charge in [-0.3, -0.25) is 10.1 Å². The van der Waals surface area contributed by atoms with Crippen molar-refractivity contribution in [1.82, 2.24) is 20.2 Å². The first-order chi connectivity index (χ1) is 25.9. The van der Waals surface area contributed by atoms with E-state index < -0.39 is 23.9 Å². The molecular weight excluding hydrogens is 701 g/mol. The van der Waals surface area contributed by atoms with Crippen LogP contribution < -0.4 is 20.7 Å². The third kappa shape index (κ3) is 9.92. The molecule has 0 spiro atoms. The Morgan fingerprint density at radius 1 is 0.981 bits per heavy atom. The highest BCUT2D eigenvalue weighted by atomic mass is 19.4. The Morgan fingerprint density at radius 3 is 2.37 bits per heavy atom. The normalized spacial score (nSPS) is 20.8. The summed E-state index contributed by atoms with van der Waals surface area (Å²) in [6.07, 6.45) is 2.56. The van der Waals surface area contributed by atoms with Gasteiger partial charge in [0.15, 0.2) is 0 Å². The molecule has 2 aromatic carbocycles. The van der Waals surface area contributed by atoms with Gasteiger partial charge in [-0.15, -0.1) is 0 Å². The zero-order chi connectivity index (χ0) is 38.4. The van der Waals surface area contributed by atoms with E-state index >= 15 is 0 Å². The molecule has 2 amide bonds. The minimum Gasteiger partial charge on any atom is -0.496 e. The Balaban J connectivity index is 1.09. The number of aryl methyl sites for hydroxylation is 1. The third-order valence-electron chi connectivity index (χ3n) is 11.5. The number of rotatable bonds is 12. The number of fused-ring (bicyclic) bond motifs is 1. The van der Waals surface area contributed by atoms with E-state index in [9.17, 15) is 22.8 Å². The maximum absolute atomic E-state index is 13.7. The van der Waals surface area contributed by atoms with E-state index in [0.717, 1.165) is 102 Å². The van der Waals surface area contributed by atoms with Gasteiger partial charge in [-0.2, -0.15) is 13.2 Å². The summed E-state index contributed by atoms with van der Waals surface area (Å²) in [5.74, 6) is 3.28. The molecule has 1 aromatic heterocycles. The number of carbonyl (C=O) groups is 2. The SMILES string of the molecule is COc1cc2nc(C)nc(N[C@H](C)c3cc(NC(=O)O)cc(C(F)(F)F)c3)c2cc1C1CCC(C(=O)N2CCC(CCOCC3CCNCC3)CC2)CC1. The predicted octanol–water partition coefficient (Wildman–Crippen LogP) is 8.15. The van der Waals surface area contributed by atoms with Gasteiger partial charge in [-0.25, -0.2) is 14.8 Å². The largest absolute Gasteiger partial charge is 0.496 e. The number of carbonyl (C=O) groups excluding carboxylic acids is 1. The standard InChI is InChI=1S/C40H53F3N6O5/c1-24(30-18-31(40(41,42)43)20-32(19-30)48-39(51)52)45-37-34-21-33(36(53-3)22-35(34)46-25(2)47-37)28-4-6-29(7-5-28)38(50)49-15-10-26(11-16-49)12-17-54-23-27-8-13-44-14-9-27/h18-22,24,26-29,44,48H,4-17,23H2,1-3H3,(H,51,52)(H,45,46,47)/t24-,28?,29?/m1/s1. The van der Waals surface area contributed by atoms with Crippen molar-refractivity contribution in [3.63, 3.8) is 0 Å². The Kier molecular flexibility index (Phi) is 12.8. The number of nitrogens with one attached hydrogen (secondary N) is 3. The van der Waals surface area contributed by atoms with Gasteiger partial charge in [0, 0.05) is 49.4 Å². The number of hydrogen-bond donors (Lipinski definition) is 4. The predicted molar refractivity (Wildman–Crippen MR) is 201 cm³/mol. The molecule has 3 aromatic rings. The van der Waals surface area contributed by atoms with Gasteiger partial charge in [-0.1, -0.05) is 0 Å². The fraction of sp³-hybridized carbons (Fsp3) is 0.600. The zero-order valence-corrected chi connectivity index (χ0v) is 31.4. The van der Waals surface area contributed by atoms with Crippen LogP contribution in [0.4, 0.5) is 29.5 Å². The summed E-state index contributed by atoms with van der Waals surface area (Å²) in [6.45, 7) is 8.88. The summed E-state index contributed by atoms with van der Waals surface area (Å²) < 4.78 is 53.1. The van der Waals surface area contributed by atoms with Gasteiger partial charge in [-0.05, 0) is 138 Å². The number of hydrogen-bond acceptors (Lipinski definition) is 8. The number of likely N-dealkylation sites (tertiary alicyclic amines) is 1. The average molecular weight is 755 g/mol. The van der Waals surface area contributed by atoms with Crippen LogP contribution in [0.25, 0.3) is 10.9 Å². The van der Waals surface area contributed by atoms with Crippen molar-refractivity contribution in [2.45, 2.75) is 89.8 Å². The number of nitrogens with zero attached hydrogens (tertiary/aromatic N) is 3. The lowest BCUT2D eigenvalue weighted by molar-refractivity contribution is -0.138. The number of amides is 2. The first-order valence-corrected chi connectivity index (χ1v) is 19.3. The highest BCUT2D eigenvalue weighted by Crippen LogP contribution is 2.43. The second-order valence-electron chi connectivity index (χ2n) is 15.2. The lowest BCUT2D eigenvalue weighted by Crippen LogP contribution is -2.42. The molecule has 2 saturated heterocycles. The van der Waals surface area contributed by atoms with E-state index in [-0.39, 0.29) is 29.0 Å². The molecule has 3 fully saturated rings. The van der Waals surface area contributed by atoms with Crippen molar-refractivity contribution >= 4 is 34.4 Å². The smallest absolute Gasteiger partial charge is 0.416 e. The van der Waals surface area contributed by atoms with Gasteiger partial charge < -0.3 is 30.1 Å². The Hall–Kier alpha value is -4.17. The highest BCUT2D eigenvalue weighted by Gasteiger charge is 2.34. The van der Waals surface area contributed by atoms with Crippen LogP contribution in [-0.4, -0.2) is 78.5 Å². The number of anilines is 2. The van der Waals surface area contributed by atoms with Gasteiger partial charge in [0.1, 0.15) is 17.4 Å². The summed E-state index contributed by atoms with van der Waals surface area (Å²) in [5.41, 5.74) is 0.690. The third-order valence-corrected chi connectivity index (χ3v) is 11.5. The van der Waals surface area contributed by atoms with Crippen LogP contribution in [0.2, 0.25) is 0 Å². The van der Waals surface area contributed by atoms with Crippen molar-refractivity contribution in [3.8, 4) is 5.75 Å². The first kappa shape index (κ1) is 39.5. The molecule has 1 aliphatic carbocycles. The average Bonchev–Trinajstić information content (AvgIpc) is 3.15. The molecule has 54 heavy (non-hydrogen) atoms. The number of piperidine rings is 2. The number of aromatic nitrogens is 2. The van der Waals surface area contributed by atoms with Crippen LogP contribution in [0.1, 0.15) is 99.2 Å². The maximum Gasteiger partial charge on any atom is 0.416 e. The van der Waals surface area contributed by atoms with Crippen molar-refractivity contribution in [2.75, 3.05) is 57.1 Å². The second kappa shape index (κ2) is 17.5. The molecule has 3 aliphatic rings. The number of benzene rings is 2. The molecule has 1 atom stereocenters. The number of methoxy groups -OCH3 is 1. The molecule has 14 heteroatoms. The van der Waals surface area contributed by atoms with Gasteiger partial charge in [0.2, 0.25) is 5.91 Å². The number of halogens is 3. The summed E-state index contributed by atoms with van der Waals surface area (Å²) in [5, 5.41) is 18.6. The summed E-state index contributed by atoms with van der Waals surface area (Å²) in [7, 11) is 1.62. The van der Waals surface area contributed by atoms with Crippen LogP contribution in [0.3, 0.4) is 0 Å². The highest BCUT2D eigenvalue weighted by molar-refractivity contribution is 5.91. The molecule has 6 rings (SSSR count). The summed E-state index contributed by atoms with van der Waals surface area (Å²) >= 11 is 0. The van der Waals surface area contributed by atoms with Crippen LogP contribution in [0.5, 0.6) is 5.75 Å². The van der Waals surface area contributed by atoms with E-state index in [0.29, 0.717) is 40.1 Å². The number of carboxylic acid groups (broad SMARTS) is 1. The molecule has 4 N–H and O–H groups in total. The van der Waals surface area contributed by atoms with Crippen LogP contribution in [0, 0.1) is 24.7 Å². The number of alkyl halides is 3. The van der Waals surface area contributed by atoms with Gasteiger partial charge in [0.25, 0.3) is 0 Å². The molecular formula is C40H53F3N6O5. The molecule has 0 unspecified atom stereocenters. The first-order valence-electron chi connectivity index (χ1n) is 19.3. The van der Waals surface area contributed by atoms with Crippen molar-refractivity contribution in [3.05, 3.63) is 52.8 Å². The minimum absolute atomic E-state index is 0.00500. The molecule has 0 radical (unpaired) electrons. The quantitative estimate of drug-likeness (QED) is 0.135. The Morgan fingerprint density at radius 2 is 1.70 bits per heavy atom. The fourth-order valence-electron chi connectivity index (χ4n) is 8.34. The van der Waals surface area contributed by atoms with Crippen LogP contribution >= 0.6 is 0 Å². The summed E-state index contributed by atoms with van der Waals surface area (Å²) in [4.78, 5) is 36.2. The Labute approximate surface area is 314 Å². The monoisotopic (exact) mass is 754 g/mol. The number of ether oxygens (including phenoxy) is 2. The molecule has 294 valence electrons. The van der Waals surface area contributed by atoms with Crippen LogP contribution in [-0.2, 0) is 15.7 Å². The second-order valence-corrected chi connectivity index (χ2v) is 15.2. The fourth-order valence-corrected chi connectivity index (χ4v) is 8.34. The van der Waals surface area contributed by atoms with E-state index in [2.05, 4.69) is 25.5 Å². The molecule has 0 bridgehead atoms. The maximum atomic E-state index is 13.7. The lowest BCUT2D eigenvalue weighted by Gasteiger charge is -2.36. The van der Waals surface area contributed by atoms with E-state index in [1.54, 1.807) is 21.0 Å². The van der Waals surface area contributed by atoms with Crippen molar-refractivity contribution in [1.29, 1.82) is 0 Å². The Bertz CT molecular complexity index is 1770. The zero-order valence-electron chi connectivity index (χ0n) is 31.4. The summed E-state index contributed by atoms with van der Waals surface area (Å²) in [6, 6.07) is 6.35. The molecule has 11 nitrogen and oxygen atoms in total. The molecule has 3 heterocycles. The molecule has 1 saturated carbocycles. The van der Waals surface area contributed by atoms with E-state index in [1.165, 1.54) is 18.9 Å². The van der Waals surface area contributed by atoms with Gasteiger partial charge >= 0.3 is 12.3 Å². The van der Waals surface area contributed by atoms with Crippen LogP contribution in [0.15, 0.2) is 30.3 Å². The van der Waals surface area contributed by atoms with E-state index in [1.807, 2.05) is 17.4 Å². The topological polar surface area (TPSA) is 138 Å². The van der Waals surface area contributed by atoms with Crippen molar-refractivity contribution < 1.29 is 37.3 Å². The minimum atomic E-state index is -4.67. The molecule has 2 aliphatic heterocycles. The van der Waals surface area contributed by atoms with Gasteiger partial charge in [0.05, 0.1) is 24.2 Å². The van der Waals surface area contributed by atoms with E-state index in [4.69, 9.17) is 14.6 Å².